The first-order chi connectivity index (χ1) is 8.65. The molecule has 1 fully saturated rings. The van der Waals surface area contributed by atoms with Crippen molar-refractivity contribution in [1.82, 2.24) is 4.98 Å². The highest BCUT2D eigenvalue weighted by Crippen LogP contribution is 2.26. The number of aromatic nitrogens is 1. The molecule has 0 amide bonds. The van der Waals surface area contributed by atoms with Crippen LogP contribution >= 0.6 is 11.6 Å². The van der Waals surface area contributed by atoms with Crippen molar-refractivity contribution in [2.45, 2.75) is 32.3 Å². The summed E-state index contributed by atoms with van der Waals surface area (Å²) in [7, 11) is 1.79. The molecule has 1 aromatic rings. The number of alkyl halides is 1. The quantitative estimate of drug-likeness (QED) is 0.788. The maximum Gasteiger partial charge on any atom is 0.131 e. The molecule has 2 heterocycles. The van der Waals surface area contributed by atoms with Crippen LogP contribution in [0, 0.1) is 12.8 Å². The molecule has 0 bridgehead atoms. The highest BCUT2D eigenvalue weighted by molar-refractivity contribution is 6.17. The molecule has 0 radical (unpaired) electrons. The van der Waals surface area contributed by atoms with Gasteiger partial charge in [0, 0.05) is 32.3 Å². The average molecular weight is 269 g/mol. The second-order valence-corrected chi connectivity index (χ2v) is 5.37. The van der Waals surface area contributed by atoms with Gasteiger partial charge in [-0.15, -0.1) is 11.6 Å². The summed E-state index contributed by atoms with van der Waals surface area (Å²) in [6.07, 6.45) is 3.32. The lowest BCUT2D eigenvalue weighted by Gasteiger charge is -2.37. The second-order valence-electron chi connectivity index (χ2n) is 5.10. The lowest BCUT2D eigenvalue weighted by molar-refractivity contribution is 0.0496. The molecule has 1 aromatic heterocycles. The highest BCUT2D eigenvalue weighted by Gasteiger charge is 2.27. The Labute approximate surface area is 114 Å². The zero-order chi connectivity index (χ0) is 13.1. The lowest BCUT2D eigenvalue weighted by Crippen LogP contribution is -2.44. The van der Waals surface area contributed by atoms with Crippen LogP contribution in [-0.4, -0.2) is 31.3 Å². The Hall–Kier alpha value is -0.800. The van der Waals surface area contributed by atoms with Gasteiger partial charge >= 0.3 is 0 Å². The summed E-state index contributed by atoms with van der Waals surface area (Å²) in [5.74, 6) is 2.21. The van der Waals surface area contributed by atoms with Gasteiger partial charge in [0.2, 0.25) is 0 Å². The van der Waals surface area contributed by atoms with Crippen molar-refractivity contribution in [2.24, 2.45) is 5.92 Å². The SMILES string of the molecule is COC1CN(c2ncc(CCl)cc2C)CCC1C. The van der Waals surface area contributed by atoms with Crippen LogP contribution in [-0.2, 0) is 10.6 Å². The minimum Gasteiger partial charge on any atom is -0.379 e. The summed E-state index contributed by atoms with van der Waals surface area (Å²) in [4.78, 5) is 6.87. The number of hydrogen-bond donors (Lipinski definition) is 0. The number of piperidine rings is 1. The standard InChI is InChI=1S/C14H21ClN2O/c1-10-4-5-17(9-13(10)18-3)14-11(2)6-12(7-15)8-16-14/h6,8,10,13H,4-5,7,9H2,1-3H3. The Morgan fingerprint density at radius 3 is 2.94 bits per heavy atom. The van der Waals surface area contributed by atoms with Crippen LogP contribution in [0.3, 0.4) is 0 Å². The average Bonchev–Trinajstić information content (AvgIpc) is 2.39. The summed E-state index contributed by atoms with van der Waals surface area (Å²) in [6.45, 7) is 6.32. The molecule has 0 aromatic carbocycles. The number of aryl methyl sites for hydroxylation is 1. The number of halogens is 1. The smallest absolute Gasteiger partial charge is 0.131 e. The zero-order valence-electron chi connectivity index (χ0n) is 11.3. The number of anilines is 1. The van der Waals surface area contributed by atoms with Crippen molar-refractivity contribution in [3.05, 3.63) is 23.4 Å². The van der Waals surface area contributed by atoms with E-state index in [2.05, 4.69) is 29.8 Å². The number of ether oxygens (including phenoxy) is 1. The molecule has 4 heteroatoms. The van der Waals surface area contributed by atoms with Gasteiger partial charge in [-0.1, -0.05) is 6.92 Å². The Kier molecular flexibility index (Phi) is 4.46. The topological polar surface area (TPSA) is 25.4 Å². The maximum atomic E-state index is 5.83. The van der Waals surface area contributed by atoms with E-state index < -0.39 is 0 Å². The highest BCUT2D eigenvalue weighted by atomic mass is 35.5. The van der Waals surface area contributed by atoms with Gasteiger partial charge < -0.3 is 9.64 Å². The fourth-order valence-electron chi connectivity index (χ4n) is 2.56. The molecular formula is C14H21ClN2O. The summed E-state index contributed by atoms with van der Waals surface area (Å²) in [5.41, 5.74) is 2.27. The molecule has 100 valence electrons. The monoisotopic (exact) mass is 268 g/mol. The van der Waals surface area contributed by atoms with Gasteiger partial charge in [-0.3, -0.25) is 0 Å². The maximum absolute atomic E-state index is 5.83. The number of rotatable bonds is 3. The fourth-order valence-corrected chi connectivity index (χ4v) is 2.71. The zero-order valence-corrected chi connectivity index (χ0v) is 12.1. The third-order valence-corrected chi connectivity index (χ3v) is 4.06. The second kappa shape index (κ2) is 5.89. The van der Waals surface area contributed by atoms with Crippen molar-refractivity contribution in [1.29, 1.82) is 0 Å². The van der Waals surface area contributed by atoms with E-state index in [1.807, 2.05) is 6.20 Å². The van der Waals surface area contributed by atoms with Crippen molar-refractivity contribution < 1.29 is 4.74 Å². The number of nitrogens with zero attached hydrogens (tertiary/aromatic N) is 2. The fraction of sp³-hybridized carbons (Fsp3) is 0.643. The van der Waals surface area contributed by atoms with Crippen LogP contribution in [0.25, 0.3) is 0 Å². The van der Waals surface area contributed by atoms with Gasteiger partial charge in [0.1, 0.15) is 5.82 Å². The molecule has 2 unspecified atom stereocenters. The van der Waals surface area contributed by atoms with Crippen LogP contribution in [0.15, 0.2) is 12.3 Å². The van der Waals surface area contributed by atoms with Gasteiger partial charge in [0.05, 0.1) is 6.10 Å². The van der Waals surface area contributed by atoms with Crippen molar-refractivity contribution >= 4 is 17.4 Å². The minimum absolute atomic E-state index is 0.299. The van der Waals surface area contributed by atoms with Gasteiger partial charge in [0.25, 0.3) is 0 Å². The van der Waals surface area contributed by atoms with Crippen molar-refractivity contribution in [3.63, 3.8) is 0 Å². The number of methoxy groups -OCH3 is 1. The van der Waals surface area contributed by atoms with Crippen molar-refractivity contribution in [3.8, 4) is 0 Å². The van der Waals surface area contributed by atoms with E-state index >= 15 is 0 Å². The first-order valence-electron chi connectivity index (χ1n) is 6.45. The molecule has 2 atom stereocenters. The Bertz CT molecular complexity index is 411. The number of hydrogen-bond acceptors (Lipinski definition) is 3. The molecule has 0 spiro atoms. The van der Waals surface area contributed by atoms with Crippen LogP contribution in [0.1, 0.15) is 24.5 Å². The molecule has 2 rings (SSSR count). The third-order valence-electron chi connectivity index (χ3n) is 3.75. The molecule has 18 heavy (non-hydrogen) atoms. The summed E-state index contributed by atoms with van der Waals surface area (Å²) >= 11 is 5.83. The summed E-state index contributed by atoms with van der Waals surface area (Å²) in [5, 5.41) is 0. The first-order valence-corrected chi connectivity index (χ1v) is 6.98. The lowest BCUT2D eigenvalue weighted by atomic mass is 9.95. The Morgan fingerprint density at radius 1 is 1.56 bits per heavy atom. The van der Waals surface area contributed by atoms with Gasteiger partial charge in [-0.05, 0) is 36.5 Å². The van der Waals surface area contributed by atoms with Crippen LogP contribution in [0.4, 0.5) is 5.82 Å². The Balaban J connectivity index is 2.16. The molecule has 0 N–H and O–H groups in total. The van der Waals surface area contributed by atoms with E-state index in [0.717, 1.165) is 30.9 Å². The molecule has 0 aliphatic carbocycles. The summed E-state index contributed by atoms with van der Waals surface area (Å²) in [6, 6.07) is 2.12. The normalized spacial score (nSPS) is 24.3. The first kappa shape index (κ1) is 13.6. The molecular weight excluding hydrogens is 248 g/mol. The van der Waals surface area contributed by atoms with Gasteiger partial charge in [-0.25, -0.2) is 4.98 Å². The summed E-state index contributed by atoms with van der Waals surface area (Å²) < 4.78 is 5.55. The predicted molar refractivity (Wildman–Crippen MR) is 75.3 cm³/mol. The van der Waals surface area contributed by atoms with E-state index in [1.54, 1.807) is 7.11 Å². The largest absolute Gasteiger partial charge is 0.379 e. The van der Waals surface area contributed by atoms with Crippen molar-refractivity contribution in [2.75, 3.05) is 25.1 Å². The third kappa shape index (κ3) is 2.78. The van der Waals surface area contributed by atoms with E-state index in [0.29, 0.717) is 17.9 Å². The van der Waals surface area contributed by atoms with E-state index in [1.165, 1.54) is 5.56 Å². The molecule has 3 nitrogen and oxygen atoms in total. The van der Waals surface area contributed by atoms with E-state index in [-0.39, 0.29) is 0 Å². The predicted octanol–water partition coefficient (Wildman–Crippen LogP) is 2.99. The van der Waals surface area contributed by atoms with Crippen LogP contribution in [0.5, 0.6) is 0 Å². The van der Waals surface area contributed by atoms with E-state index in [9.17, 15) is 0 Å². The molecule has 0 saturated carbocycles. The molecule has 1 saturated heterocycles. The number of pyridine rings is 1. The van der Waals surface area contributed by atoms with Crippen LogP contribution < -0.4 is 4.90 Å². The Morgan fingerprint density at radius 2 is 2.33 bits per heavy atom. The van der Waals surface area contributed by atoms with Crippen LogP contribution in [0.2, 0.25) is 0 Å². The molecule has 1 aliphatic heterocycles. The molecule has 1 aliphatic rings. The minimum atomic E-state index is 0.299. The van der Waals surface area contributed by atoms with Gasteiger partial charge in [-0.2, -0.15) is 0 Å². The van der Waals surface area contributed by atoms with E-state index in [4.69, 9.17) is 16.3 Å². The van der Waals surface area contributed by atoms with Gasteiger partial charge in [0.15, 0.2) is 0 Å².